The van der Waals surface area contributed by atoms with Crippen LogP contribution in [0.5, 0.6) is 5.75 Å². The van der Waals surface area contributed by atoms with Crippen molar-refractivity contribution in [1.29, 1.82) is 0 Å². The Hall–Kier alpha value is -1.86. The van der Waals surface area contributed by atoms with Gasteiger partial charge in [0, 0.05) is 18.5 Å². The van der Waals surface area contributed by atoms with E-state index in [2.05, 4.69) is 5.32 Å². The number of nitro groups is 1. The molecule has 1 fully saturated rings. The van der Waals surface area contributed by atoms with E-state index in [4.69, 9.17) is 16.3 Å². The molecule has 0 aromatic heterocycles. The minimum atomic E-state index is -1.04. The Balaban J connectivity index is 1.84. The maximum Gasteiger partial charge on any atom is 0.293 e. The van der Waals surface area contributed by atoms with Crippen LogP contribution in [0.25, 0.3) is 0 Å². The smallest absolute Gasteiger partial charge is 0.293 e. The van der Waals surface area contributed by atoms with E-state index in [9.17, 15) is 20.0 Å². The van der Waals surface area contributed by atoms with Crippen molar-refractivity contribution >= 4 is 23.2 Å². The van der Waals surface area contributed by atoms with Crippen LogP contribution in [-0.2, 0) is 4.79 Å². The quantitative estimate of drug-likeness (QED) is 0.452. The lowest BCUT2D eigenvalue weighted by molar-refractivity contribution is -0.386. The Bertz CT molecular complexity index is 689. The van der Waals surface area contributed by atoms with Crippen molar-refractivity contribution in [2.24, 2.45) is 0 Å². The molecule has 7 nitrogen and oxygen atoms in total. The molecule has 1 aromatic rings. The van der Waals surface area contributed by atoms with Crippen LogP contribution in [0.15, 0.2) is 12.1 Å². The summed E-state index contributed by atoms with van der Waals surface area (Å²) in [5.74, 6) is 0.444. The molecule has 1 aliphatic rings. The average Bonchev–Trinajstić information content (AvgIpc) is 2.61. The molecular formula is C20H29ClN2O5. The number of hydrogen-bond donors (Lipinski definition) is 2. The van der Waals surface area contributed by atoms with Crippen LogP contribution in [0, 0.1) is 10.1 Å². The number of amides is 1. The molecule has 8 heteroatoms. The Morgan fingerprint density at radius 2 is 2.04 bits per heavy atom. The van der Waals surface area contributed by atoms with Gasteiger partial charge in [0.25, 0.3) is 5.69 Å². The number of aliphatic hydroxyl groups excluding tert-OH is 1. The van der Waals surface area contributed by atoms with Gasteiger partial charge in [-0.2, -0.15) is 0 Å². The van der Waals surface area contributed by atoms with Gasteiger partial charge in [0.2, 0.25) is 5.91 Å². The van der Waals surface area contributed by atoms with Gasteiger partial charge in [0.05, 0.1) is 22.7 Å². The maximum atomic E-state index is 12.1. The molecule has 1 aromatic carbocycles. The highest BCUT2D eigenvalue weighted by Gasteiger charge is 2.24. The Kier molecular flexibility index (Phi) is 8.51. The maximum absolute atomic E-state index is 12.1. The highest BCUT2D eigenvalue weighted by atomic mass is 35.5. The second-order valence-corrected chi connectivity index (χ2v) is 7.91. The average molecular weight is 413 g/mol. The van der Waals surface area contributed by atoms with Gasteiger partial charge in [-0.05, 0) is 45.6 Å². The summed E-state index contributed by atoms with van der Waals surface area (Å²) in [5.41, 5.74) is -0.192. The largest absolute Gasteiger partial charge is 0.491 e. The third-order valence-electron chi connectivity index (χ3n) is 5.02. The molecule has 0 aliphatic heterocycles. The van der Waals surface area contributed by atoms with E-state index >= 15 is 0 Å². The van der Waals surface area contributed by atoms with E-state index in [1.54, 1.807) is 0 Å². The van der Waals surface area contributed by atoms with Crippen LogP contribution >= 0.6 is 11.6 Å². The zero-order chi connectivity index (χ0) is 20.7. The first-order chi connectivity index (χ1) is 13.3. The number of nitro benzene ring substituents is 1. The molecular weight excluding hydrogens is 384 g/mol. The molecule has 2 N–H and O–H groups in total. The Labute approximate surface area is 170 Å². The lowest BCUT2D eigenvalue weighted by Crippen LogP contribution is -2.36. The molecule has 2 atom stereocenters. The second kappa shape index (κ2) is 10.6. The highest BCUT2D eigenvalue weighted by Crippen LogP contribution is 2.36. The zero-order valence-corrected chi connectivity index (χ0v) is 17.2. The topological polar surface area (TPSA) is 102 Å². The number of carbonyl (C=O) groups is 1. The number of halogens is 1. The van der Waals surface area contributed by atoms with Crippen LogP contribution in [0.2, 0.25) is 5.02 Å². The third-order valence-corrected chi connectivity index (χ3v) is 5.31. The monoisotopic (exact) mass is 412 g/mol. The standard InChI is InChI=1S/C20H29ClN2O5/c1-13(7-6-10-19(25)22-15-8-4-3-5-9-15)28-16-11-17(14(2)24)20(23(26)27)18(21)12-16/h11-15,24H,3-10H2,1-2H3,(H,22,25). The summed E-state index contributed by atoms with van der Waals surface area (Å²) >= 11 is 6.01. The van der Waals surface area contributed by atoms with Gasteiger partial charge in [-0.1, -0.05) is 30.9 Å². The molecule has 0 radical (unpaired) electrons. The lowest BCUT2D eigenvalue weighted by atomic mass is 9.95. The van der Waals surface area contributed by atoms with Gasteiger partial charge in [0.1, 0.15) is 10.8 Å². The van der Waals surface area contributed by atoms with E-state index in [0.29, 0.717) is 31.1 Å². The van der Waals surface area contributed by atoms with E-state index in [-0.39, 0.29) is 28.3 Å². The van der Waals surface area contributed by atoms with Gasteiger partial charge in [-0.15, -0.1) is 0 Å². The van der Waals surface area contributed by atoms with Crippen molar-refractivity contribution in [1.82, 2.24) is 5.32 Å². The molecule has 1 amide bonds. The fourth-order valence-corrected chi connectivity index (χ4v) is 3.85. The summed E-state index contributed by atoms with van der Waals surface area (Å²) < 4.78 is 5.80. The summed E-state index contributed by atoms with van der Waals surface area (Å²) in [6, 6.07) is 3.15. The van der Waals surface area contributed by atoms with E-state index in [0.717, 1.165) is 12.8 Å². The lowest BCUT2D eigenvalue weighted by Gasteiger charge is -2.23. The minimum absolute atomic E-state index is 0.0718. The highest BCUT2D eigenvalue weighted by molar-refractivity contribution is 6.33. The summed E-state index contributed by atoms with van der Waals surface area (Å²) in [5, 5.41) is 24.0. The number of nitrogens with zero attached hydrogens (tertiary/aromatic N) is 1. The number of aliphatic hydroxyl groups is 1. The number of hydrogen-bond acceptors (Lipinski definition) is 5. The Morgan fingerprint density at radius 3 is 2.64 bits per heavy atom. The van der Waals surface area contributed by atoms with Crippen molar-refractivity contribution in [2.45, 2.75) is 83.5 Å². The number of nitrogens with one attached hydrogen (secondary N) is 1. The summed E-state index contributed by atoms with van der Waals surface area (Å²) in [7, 11) is 0. The van der Waals surface area contributed by atoms with Gasteiger partial charge in [-0.3, -0.25) is 14.9 Å². The second-order valence-electron chi connectivity index (χ2n) is 7.50. The number of ether oxygens (including phenoxy) is 1. The number of carbonyl (C=O) groups excluding carboxylic acids is 1. The van der Waals surface area contributed by atoms with Crippen molar-refractivity contribution in [3.8, 4) is 5.75 Å². The van der Waals surface area contributed by atoms with Gasteiger partial charge >= 0.3 is 0 Å². The minimum Gasteiger partial charge on any atom is -0.491 e. The number of benzene rings is 1. The van der Waals surface area contributed by atoms with Crippen LogP contribution < -0.4 is 10.1 Å². The predicted octanol–water partition coefficient (Wildman–Crippen LogP) is 4.69. The molecule has 0 spiro atoms. The third kappa shape index (κ3) is 6.63. The molecule has 1 aliphatic carbocycles. The van der Waals surface area contributed by atoms with E-state index in [1.807, 2.05) is 6.92 Å². The van der Waals surface area contributed by atoms with Crippen molar-refractivity contribution in [3.05, 3.63) is 32.8 Å². The van der Waals surface area contributed by atoms with Crippen LogP contribution in [0.3, 0.4) is 0 Å². The molecule has 2 rings (SSSR count). The van der Waals surface area contributed by atoms with Gasteiger partial charge < -0.3 is 15.2 Å². The first kappa shape index (κ1) is 22.4. The summed E-state index contributed by atoms with van der Waals surface area (Å²) in [6.07, 6.45) is 6.32. The fraction of sp³-hybridized carbons (Fsp3) is 0.650. The predicted molar refractivity (Wildman–Crippen MR) is 108 cm³/mol. The molecule has 0 bridgehead atoms. The molecule has 156 valence electrons. The molecule has 28 heavy (non-hydrogen) atoms. The first-order valence-electron chi connectivity index (χ1n) is 9.89. The van der Waals surface area contributed by atoms with Crippen LogP contribution in [0.1, 0.15) is 76.9 Å². The zero-order valence-electron chi connectivity index (χ0n) is 16.4. The van der Waals surface area contributed by atoms with E-state index in [1.165, 1.54) is 38.3 Å². The SMILES string of the molecule is CC(CCCC(=O)NC1CCCCC1)Oc1cc(Cl)c([N+](=O)[O-])c(C(C)O)c1. The normalized spacial score (nSPS) is 17.0. The van der Waals surface area contributed by atoms with Gasteiger partial charge in [0.15, 0.2) is 0 Å². The van der Waals surface area contributed by atoms with Crippen LogP contribution in [-0.4, -0.2) is 28.1 Å². The van der Waals surface area contributed by atoms with Crippen molar-refractivity contribution in [3.63, 3.8) is 0 Å². The molecule has 1 saturated carbocycles. The first-order valence-corrected chi connectivity index (χ1v) is 10.3. The van der Waals surface area contributed by atoms with Crippen molar-refractivity contribution in [2.75, 3.05) is 0 Å². The molecule has 0 heterocycles. The summed E-state index contributed by atoms with van der Waals surface area (Å²) in [4.78, 5) is 22.6. The van der Waals surface area contributed by atoms with Crippen molar-refractivity contribution < 1.29 is 19.6 Å². The molecule has 0 saturated heterocycles. The Morgan fingerprint density at radius 1 is 1.36 bits per heavy atom. The fourth-order valence-electron chi connectivity index (χ4n) is 3.56. The van der Waals surface area contributed by atoms with Crippen LogP contribution in [0.4, 0.5) is 5.69 Å². The van der Waals surface area contributed by atoms with Gasteiger partial charge in [-0.25, -0.2) is 0 Å². The molecule has 2 unspecified atom stereocenters. The number of rotatable bonds is 9. The van der Waals surface area contributed by atoms with E-state index < -0.39 is 11.0 Å². The summed E-state index contributed by atoms with van der Waals surface area (Å²) in [6.45, 7) is 3.31.